The van der Waals surface area contributed by atoms with Crippen molar-refractivity contribution >= 4 is 52.2 Å². The normalized spacial score (nSPS) is 10.4. The largest absolute Gasteiger partial charge is 0.469 e. The molecular formula is C16H16ClNO3S2. The van der Waals surface area contributed by atoms with Gasteiger partial charge in [-0.1, -0.05) is 23.8 Å². The molecular weight excluding hydrogens is 354 g/mol. The number of halogens is 1. The lowest BCUT2D eigenvalue weighted by atomic mass is 10.2. The van der Waals surface area contributed by atoms with E-state index in [4.69, 9.17) is 33.0 Å². The molecule has 0 saturated carbocycles. The summed E-state index contributed by atoms with van der Waals surface area (Å²) in [5.41, 5.74) is 1.64. The predicted octanol–water partition coefficient (Wildman–Crippen LogP) is 4.68. The molecule has 0 fully saturated rings. The Morgan fingerprint density at radius 1 is 1.43 bits per heavy atom. The smallest absolute Gasteiger partial charge is 0.316 e. The van der Waals surface area contributed by atoms with Gasteiger partial charge in [-0.25, -0.2) is 0 Å². The van der Waals surface area contributed by atoms with E-state index in [1.165, 1.54) is 11.8 Å². The molecule has 0 saturated heterocycles. The minimum atomic E-state index is -0.267. The van der Waals surface area contributed by atoms with Gasteiger partial charge in [0.15, 0.2) is 0 Å². The van der Waals surface area contributed by atoms with Crippen LogP contribution < -0.4 is 5.32 Å². The van der Waals surface area contributed by atoms with E-state index in [2.05, 4.69) is 5.32 Å². The second-order valence-electron chi connectivity index (χ2n) is 4.58. The maximum absolute atomic E-state index is 11.5. The topological polar surface area (TPSA) is 51.5 Å². The molecule has 0 bridgehead atoms. The number of aryl methyl sites for hydroxylation is 1. The van der Waals surface area contributed by atoms with Crippen LogP contribution in [0.15, 0.2) is 39.8 Å². The summed E-state index contributed by atoms with van der Waals surface area (Å²) in [5, 5.41) is 3.73. The number of rotatable bonds is 6. The molecule has 23 heavy (non-hydrogen) atoms. The third-order valence-corrected chi connectivity index (χ3v) is 4.74. The van der Waals surface area contributed by atoms with Gasteiger partial charge in [-0.05, 0) is 38.1 Å². The minimum Gasteiger partial charge on any atom is -0.469 e. The molecule has 0 spiro atoms. The Morgan fingerprint density at radius 2 is 2.22 bits per heavy atom. The number of esters is 1. The highest BCUT2D eigenvalue weighted by atomic mass is 35.5. The molecule has 1 heterocycles. The molecule has 2 rings (SSSR count). The summed E-state index contributed by atoms with van der Waals surface area (Å²) >= 11 is 12.9. The lowest BCUT2D eigenvalue weighted by Crippen LogP contribution is -2.11. The van der Waals surface area contributed by atoms with Gasteiger partial charge in [-0.3, -0.25) is 4.79 Å². The Hall–Kier alpha value is -1.50. The number of ether oxygens (including phenoxy) is 1. The van der Waals surface area contributed by atoms with E-state index in [-0.39, 0.29) is 11.7 Å². The van der Waals surface area contributed by atoms with Gasteiger partial charge in [0.05, 0.1) is 29.2 Å². The molecule has 0 radical (unpaired) electrons. The van der Waals surface area contributed by atoms with Crippen LogP contribution in [0.1, 0.15) is 18.2 Å². The van der Waals surface area contributed by atoms with E-state index in [9.17, 15) is 4.79 Å². The quantitative estimate of drug-likeness (QED) is 0.453. The maximum atomic E-state index is 11.5. The van der Waals surface area contributed by atoms with Crippen molar-refractivity contribution in [1.82, 2.24) is 0 Å². The fourth-order valence-corrected chi connectivity index (χ4v) is 3.23. The third-order valence-electron chi connectivity index (χ3n) is 2.94. The summed E-state index contributed by atoms with van der Waals surface area (Å²) in [6.45, 7) is 4.00. The van der Waals surface area contributed by atoms with Crippen molar-refractivity contribution in [3.05, 3.63) is 46.9 Å². The van der Waals surface area contributed by atoms with Crippen molar-refractivity contribution in [2.24, 2.45) is 0 Å². The number of nitrogens with one attached hydrogen (secondary N) is 1. The Labute approximate surface area is 149 Å². The number of carbonyl (C=O) groups is 1. The fraction of sp³-hybridized carbons (Fsp3) is 0.250. The van der Waals surface area contributed by atoms with Crippen LogP contribution in [-0.4, -0.2) is 23.3 Å². The summed E-state index contributed by atoms with van der Waals surface area (Å²) in [6, 6.07) is 7.27. The van der Waals surface area contributed by atoms with Crippen molar-refractivity contribution in [2.75, 3.05) is 17.7 Å². The molecule has 2 aromatic rings. The molecule has 0 amide bonds. The van der Waals surface area contributed by atoms with Crippen LogP contribution in [0.25, 0.3) is 0 Å². The van der Waals surface area contributed by atoms with Gasteiger partial charge in [-0.2, -0.15) is 0 Å². The van der Waals surface area contributed by atoms with Crippen LogP contribution >= 0.6 is 35.6 Å². The first kappa shape index (κ1) is 17.8. The number of thioether (sulfide) groups is 1. The highest BCUT2D eigenvalue weighted by Gasteiger charge is 2.11. The molecule has 0 unspecified atom stereocenters. The standard InChI is InChI=1S/C16H16ClNO3S2/c1-3-20-15(19)9-23-14-8-11(4-5-13(14)17)18-16(22)12-6-7-21-10(12)2/h4-8H,3,9H2,1-2H3,(H,18,22). The number of anilines is 1. The zero-order valence-corrected chi connectivity index (χ0v) is 15.1. The van der Waals surface area contributed by atoms with Crippen molar-refractivity contribution in [3.63, 3.8) is 0 Å². The molecule has 0 atom stereocenters. The van der Waals surface area contributed by atoms with Crippen LogP contribution in [0.4, 0.5) is 5.69 Å². The zero-order valence-electron chi connectivity index (χ0n) is 12.7. The van der Waals surface area contributed by atoms with Crippen LogP contribution in [-0.2, 0) is 9.53 Å². The molecule has 0 aliphatic carbocycles. The Morgan fingerprint density at radius 3 is 2.87 bits per heavy atom. The van der Waals surface area contributed by atoms with Gasteiger partial charge in [-0.15, -0.1) is 11.8 Å². The second-order valence-corrected chi connectivity index (χ2v) is 6.42. The average Bonchev–Trinajstić information content (AvgIpc) is 2.94. The fourth-order valence-electron chi connectivity index (χ4n) is 1.85. The number of hydrogen-bond acceptors (Lipinski definition) is 5. The highest BCUT2D eigenvalue weighted by molar-refractivity contribution is 8.00. The van der Waals surface area contributed by atoms with E-state index in [1.54, 1.807) is 19.3 Å². The number of thiocarbonyl (C=S) groups is 1. The highest BCUT2D eigenvalue weighted by Crippen LogP contribution is 2.30. The van der Waals surface area contributed by atoms with E-state index < -0.39 is 0 Å². The zero-order chi connectivity index (χ0) is 16.8. The number of benzene rings is 1. The lowest BCUT2D eigenvalue weighted by Gasteiger charge is -2.10. The van der Waals surface area contributed by atoms with Gasteiger partial charge in [0.2, 0.25) is 0 Å². The lowest BCUT2D eigenvalue weighted by molar-refractivity contribution is -0.139. The molecule has 0 aliphatic heterocycles. The Balaban J connectivity index is 2.06. The monoisotopic (exact) mass is 369 g/mol. The second kappa shape index (κ2) is 8.38. The van der Waals surface area contributed by atoms with E-state index in [1.807, 2.05) is 25.1 Å². The van der Waals surface area contributed by atoms with Gasteiger partial charge >= 0.3 is 5.97 Å². The molecule has 1 N–H and O–H groups in total. The van der Waals surface area contributed by atoms with Crippen molar-refractivity contribution in [3.8, 4) is 0 Å². The predicted molar refractivity (Wildman–Crippen MR) is 97.6 cm³/mol. The number of hydrogen-bond donors (Lipinski definition) is 1. The number of furan rings is 1. The minimum absolute atomic E-state index is 0.211. The maximum Gasteiger partial charge on any atom is 0.316 e. The van der Waals surface area contributed by atoms with Gasteiger partial charge in [0, 0.05) is 10.6 Å². The van der Waals surface area contributed by atoms with Crippen molar-refractivity contribution in [1.29, 1.82) is 0 Å². The SMILES string of the molecule is CCOC(=O)CSc1cc(NC(=S)c2ccoc2C)ccc1Cl. The van der Waals surface area contributed by atoms with Crippen LogP contribution in [0.3, 0.4) is 0 Å². The first-order valence-electron chi connectivity index (χ1n) is 6.94. The first-order valence-corrected chi connectivity index (χ1v) is 8.72. The average molecular weight is 370 g/mol. The van der Waals surface area contributed by atoms with E-state index >= 15 is 0 Å². The number of carbonyl (C=O) groups excluding carboxylic acids is 1. The van der Waals surface area contributed by atoms with Crippen LogP contribution in [0, 0.1) is 6.92 Å². The molecule has 0 aliphatic rings. The third kappa shape index (κ3) is 4.99. The van der Waals surface area contributed by atoms with Crippen LogP contribution in [0.5, 0.6) is 0 Å². The summed E-state index contributed by atoms with van der Waals surface area (Å²) in [4.78, 5) is 12.8. The van der Waals surface area contributed by atoms with Gasteiger partial charge < -0.3 is 14.5 Å². The van der Waals surface area contributed by atoms with E-state index in [0.717, 1.165) is 21.9 Å². The molecule has 1 aromatic carbocycles. The summed E-state index contributed by atoms with van der Waals surface area (Å²) in [6.07, 6.45) is 1.60. The summed E-state index contributed by atoms with van der Waals surface area (Å²) in [5.74, 6) is 0.701. The Bertz CT molecular complexity index is 715. The molecule has 7 heteroatoms. The summed E-state index contributed by atoms with van der Waals surface area (Å²) in [7, 11) is 0. The molecule has 122 valence electrons. The summed E-state index contributed by atoms with van der Waals surface area (Å²) < 4.78 is 10.2. The van der Waals surface area contributed by atoms with Gasteiger partial charge in [0.25, 0.3) is 0 Å². The molecule has 1 aromatic heterocycles. The van der Waals surface area contributed by atoms with Crippen molar-refractivity contribution in [2.45, 2.75) is 18.7 Å². The van der Waals surface area contributed by atoms with Crippen molar-refractivity contribution < 1.29 is 13.9 Å². The van der Waals surface area contributed by atoms with Crippen LogP contribution in [0.2, 0.25) is 5.02 Å². The van der Waals surface area contributed by atoms with Gasteiger partial charge in [0.1, 0.15) is 10.7 Å². The van der Waals surface area contributed by atoms with E-state index in [0.29, 0.717) is 16.6 Å². The molecule has 4 nitrogen and oxygen atoms in total. The Kier molecular flexibility index (Phi) is 6.50. The first-order chi connectivity index (χ1) is 11.0.